The number of nitrogens with zero attached hydrogens (tertiary/aromatic N) is 2. The lowest BCUT2D eigenvalue weighted by Crippen LogP contribution is -2.52. The lowest BCUT2D eigenvalue weighted by atomic mass is 10.0. The topological polar surface area (TPSA) is 95.1 Å². The molecule has 3 N–H and O–H groups in total. The summed E-state index contributed by atoms with van der Waals surface area (Å²) in [6.45, 7) is 11.8. The van der Waals surface area contributed by atoms with Gasteiger partial charge < -0.3 is 15.4 Å². The summed E-state index contributed by atoms with van der Waals surface area (Å²) >= 11 is 1.21. The van der Waals surface area contributed by atoms with E-state index in [9.17, 15) is 8.42 Å². The minimum absolute atomic E-state index is 0.0626. The average molecular weight is 418 g/mol. The minimum atomic E-state index is -3.43. The van der Waals surface area contributed by atoms with E-state index in [2.05, 4.69) is 39.1 Å². The third-order valence-corrected chi connectivity index (χ3v) is 7.16. The van der Waals surface area contributed by atoms with Gasteiger partial charge in [0.1, 0.15) is 4.21 Å². The monoisotopic (exact) mass is 417 g/mol. The van der Waals surface area contributed by atoms with Crippen LogP contribution >= 0.6 is 11.3 Å². The highest BCUT2D eigenvalue weighted by Crippen LogP contribution is 2.16. The first kappa shape index (κ1) is 22.1. The predicted molar refractivity (Wildman–Crippen MR) is 110 cm³/mol. The summed E-state index contributed by atoms with van der Waals surface area (Å²) in [5.41, 5.74) is -0.0626. The maximum absolute atomic E-state index is 12.1. The number of aliphatic imine (C=N–C) groups is 1. The van der Waals surface area contributed by atoms with Crippen LogP contribution in [0.5, 0.6) is 0 Å². The molecule has 0 aromatic carbocycles. The van der Waals surface area contributed by atoms with Gasteiger partial charge in [-0.3, -0.25) is 9.89 Å². The lowest BCUT2D eigenvalue weighted by molar-refractivity contribution is -0.00683. The van der Waals surface area contributed by atoms with Crippen molar-refractivity contribution >= 4 is 27.3 Å². The Kier molecular flexibility index (Phi) is 8.49. The molecule has 2 rings (SSSR count). The van der Waals surface area contributed by atoms with Crippen LogP contribution in [0.25, 0.3) is 0 Å². The Balaban J connectivity index is 1.82. The molecule has 1 aromatic heterocycles. The number of hydrogen-bond donors (Lipinski definition) is 3. The molecule has 1 fully saturated rings. The number of morpholine rings is 1. The molecule has 0 unspecified atom stereocenters. The fourth-order valence-electron chi connectivity index (χ4n) is 2.74. The summed E-state index contributed by atoms with van der Waals surface area (Å²) in [6.07, 6.45) is 0. The number of rotatable bonds is 9. The standard InChI is InChI=1S/C17H31N5O3S2/c1-4-18-16(20-14-17(2,3)22-9-11-25-12-10-22)19-7-8-21-27(23,24)15-6-5-13-26-15/h5-6,13,21H,4,7-12,14H2,1-3H3,(H2,18,19,20). The number of sulfonamides is 1. The summed E-state index contributed by atoms with van der Waals surface area (Å²) in [6, 6.07) is 3.32. The molecular formula is C17H31N5O3S2. The van der Waals surface area contributed by atoms with Crippen molar-refractivity contribution in [2.24, 2.45) is 4.99 Å². The van der Waals surface area contributed by atoms with Crippen LogP contribution in [0.4, 0.5) is 0 Å². The van der Waals surface area contributed by atoms with Crippen molar-refractivity contribution in [2.75, 3.05) is 52.5 Å². The summed E-state index contributed by atoms with van der Waals surface area (Å²) < 4.78 is 32.6. The third kappa shape index (κ3) is 7.04. The van der Waals surface area contributed by atoms with E-state index in [1.807, 2.05) is 6.92 Å². The van der Waals surface area contributed by atoms with Crippen molar-refractivity contribution in [1.82, 2.24) is 20.3 Å². The van der Waals surface area contributed by atoms with Crippen molar-refractivity contribution in [3.8, 4) is 0 Å². The van der Waals surface area contributed by atoms with Crippen LogP contribution < -0.4 is 15.4 Å². The Morgan fingerprint density at radius 2 is 2.04 bits per heavy atom. The highest BCUT2D eigenvalue weighted by atomic mass is 32.2. The molecule has 8 nitrogen and oxygen atoms in total. The maximum Gasteiger partial charge on any atom is 0.250 e. The zero-order valence-electron chi connectivity index (χ0n) is 16.3. The molecule has 0 spiro atoms. The van der Waals surface area contributed by atoms with Gasteiger partial charge in [0, 0.05) is 38.3 Å². The molecule has 1 aliphatic rings. The molecule has 10 heteroatoms. The molecule has 27 heavy (non-hydrogen) atoms. The number of ether oxygens (including phenoxy) is 1. The zero-order chi connectivity index (χ0) is 19.8. The van der Waals surface area contributed by atoms with Crippen molar-refractivity contribution in [1.29, 1.82) is 0 Å². The SMILES string of the molecule is CCNC(=NCC(C)(C)N1CCOCC1)NCCNS(=O)(=O)c1cccs1. The van der Waals surface area contributed by atoms with Gasteiger partial charge >= 0.3 is 0 Å². The van der Waals surface area contributed by atoms with Gasteiger partial charge in [-0.15, -0.1) is 11.3 Å². The molecule has 0 amide bonds. The van der Waals surface area contributed by atoms with Crippen LogP contribution in [0.1, 0.15) is 20.8 Å². The summed E-state index contributed by atoms with van der Waals surface area (Å²) in [4.78, 5) is 7.07. The van der Waals surface area contributed by atoms with E-state index in [1.165, 1.54) is 11.3 Å². The van der Waals surface area contributed by atoms with E-state index in [4.69, 9.17) is 4.74 Å². The third-order valence-electron chi connectivity index (χ3n) is 4.30. The van der Waals surface area contributed by atoms with Crippen molar-refractivity contribution in [3.63, 3.8) is 0 Å². The van der Waals surface area contributed by atoms with Gasteiger partial charge in [0.05, 0.1) is 19.8 Å². The Hall–Kier alpha value is -1.20. The normalized spacial score (nSPS) is 17.1. The molecule has 1 aromatic rings. The maximum atomic E-state index is 12.1. The Bertz CT molecular complexity index is 683. The van der Waals surface area contributed by atoms with Crippen LogP contribution in [0, 0.1) is 0 Å². The van der Waals surface area contributed by atoms with Crippen LogP contribution in [0.15, 0.2) is 26.7 Å². The van der Waals surface area contributed by atoms with Gasteiger partial charge in [-0.05, 0) is 32.2 Å². The van der Waals surface area contributed by atoms with Crippen molar-refractivity contribution < 1.29 is 13.2 Å². The molecule has 0 bridgehead atoms. The van der Waals surface area contributed by atoms with Crippen LogP contribution in [0.2, 0.25) is 0 Å². The fourth-order valence-corrected chi connectivity index (χ4v) is 4.81. The lowest BCUT2D eigenvalue weighted by Gasteiger charge is -2.39. The summed E-state index contributed by atoms with van der Waals surface area (Å²) in [5.74, 6) is 0.689. The molecule has 0 saturated carbocycles. The molecule has 2 heterocycles. The first-order valence-corrected chi connectivity index (χ1v) is 11.6. The van der Waals surface area contributed by atoms with E-state index in [-0.39, 0.29) is 12.1 Å². The number of nitrogens with one attached hydrogen (secondary N) is 3. The smallest absolute Gasteiger partial charge is 0.250 e. The molecule has 154 valence electrons. The molecule has 0 aliphatic carbocycles. The van der Waals surface area contributed by atoms with Crippen LogP contribution in [0.3, 0.4) is 0 Å². The van der Waals surface area contributed by atoms with Gasteiger partial charge in [0.25, 0.3) is 0 Å². The molecular weight excluding hydrogens is 386 g/mol. The van der Waals surface area contributed by atoms with E-state index in [0.29, 0.717) is 23.3 Å². The molecule has 1 saturated heterocycles. The Morgan fingerprint density at radius 3 is 2.67 bits per heavy atom. The van der Waals surface area contributed by atoms with Crippen LogP contribution in [-0.2, 0) is 14.8 Å². The van der Waals surface area contributed by atoms with E-state index in [1.54, 1.807) is 17.5 Å². The minimum Gasteiger partial charge on any atom is -0.379 e. The summed E-state index contributed by atoms with van der Waals surface area (Å²) in [7, 11) is -3.43. The second-order valence-corrected chi connectivity index (χ2v) is 9.81. The van der Waals surface area contributed by atoms with Gasteiger partial charge in [-0.25, -0.2) is 13.1 Å². The Morgan fingerprint density at radius 1 is 1.30 bits per heavy atom. The predicted octanol–water partition coefficient (Wildman–Crippen LogP) is 0.692. The van der Waals surface area contributed by atoms with Crippen molar-refractivity contribution in [3.05, 3.63) is 17.5 Å². The van der Waals surface area contributed by atoms with Gasteiger partial charge in [0.2, 0.25) is 10.0 Å². The number of hydrogen-bond acceptors (Lipinski definition) is 6. The highest BCUT2D eigenvalue weighted by molar-refractivity contribution is 7.91. The first-order valence-electron chi connectivity index (χ1n) is 9.23. The van der Waals surface area contributed by atoms with E-state index in [0.717, 1.165) is 32.8 Å². The second kappa shape index (κ2) is 10.4. The van der Waals surface area contributed by atoms with Gasteiger partial charge in [-0.1, -0.05) is 6.07 Å². The van der Waals surface area contributed by atoms with Crippen LogP contribution in [-0.4, -0.2) is 77.3 Å². The molecule has 0 radical (unpaired) electrons. The van der Waals surface area contributed by atoms with Gasteiger partial charge in [-0.2, -0.15) is 0 Å². The first-order chi connectivity index (χ1) is 12.8. The van der Waals surface area contributed by atoms with Crippen molar-refractivity contribution in [2.45, 2.75) is 30.5 Å². The number of thiophene rings is 1. The van der Waals surface area contributed by atoms with E-state index >= 15 is 0 Å². The highest BCUT2D eigenvalue weighted by Gasteiger charge is 2.28. The zero-order valence-corrected chi connectivity index (χ0v) is 18.0. The Labute approximate surface area is 166 Å². The average Bonchev–Trinajstić information content (AvgIpc) is 3.20. The van der Waals surface area contributed by atoms with E-state index < -0.39 is 10.0 Å². The number of guanidine groups is 1. The quantitative estimate of drug-likeness (QED) is 0.311. The summed E-state index contributed by atoms with van der Waals surface area (Å²) in [5, 5.41) is 8.14. The molecule has 0 atom stereocenters. The second-order valence-electron chi connectivity index (χ2n) is 6.86. The largest absolute Gasteiger partial charge is 0.379 e. The fraction of sp³-hybridized carbons (Fsp3) is 0.706. The van der Waals surface area contributed by atoms with Gasteiger partial charge in [0.15, 0.2) is 5.96 Å². The molecule has 1 aliphatic heterocycles.